The quantitative estimate of drug-likeness (QED) is 0.0360. The highest BCUT2D eigenvalue weighted by Crippen LogP contribution is 2.40. The van der Waals surface area contributed by atoms with Crippen LogP contribution in [0.2, 0.25) is 0 Å². The summed E-state index contributed by atoms with van der Waals surface area (Å²) < 4.78 is 0. The van der Waals surface area contributed by atoms with Crippen molar-refractivity contribution in [3.05, 3.63) is 68.3 Å². The second-order valence-electron chi connectivity index (χ2n) is 12.7. The van der Waals surface area contributed by atoms with Gasteiger partial charge >= 0.3 is 11.9 Å². The molecule has 0 saturated carbocycles. The topological polar surface area (TPSA) is 265 Å². The van der Waals surface area contributed by atoms with E-state index in [2.05, 4.69) is 15.8 Å². The van der Waals surface area contributed by atoms with Crippen LogP contribution in [0.4, 0.5) is 0 Å². The monoisotopic (exact) mass is 777 g/mol. The minimum absolute atomic E-state index is 0.189. The van der Waals surface area contributed by atoms with Gasteiger partial charge in [0.2, 0.25) is 5.60 Å². The van der Waals surface area contributed by atoms with Crippen LogP contribution in [0.5, 0.6) is 0 Å². The first-order chi connectivity index (χ1) is 25.0. The number of aliphatic carboxylic acids is 2. The summed E-state index contributed by atoms with van der Waals surface area (Å²) in [6.07, 6.45) is 7.65. The number of hydrogen-bond acceptors (Lipinski definition) is 14. The molecule has 2 rings (SSSR count). The van der Waals surface area contributed by atoms with Crippen LogP contribution >= 0.6 is 23.5 Å². The van der Waals surface area contributed by atoms with E-state index >= 15 is 0 Å². The van der Waals surface area contributed by atoms with Crippen LogP contribution in [0.15, 0.2) is 73.5 Å². The molecule has 18 heteroatoms. The Morgan fingerprint density at radius 1 is 1.17 bits per heavy atom. The lowest BCUT2D eigenvalue weighted by atomic mass is 10.0. The average Bonchev–Trinajstić information content (AvgIpc) is 3.12. The molecule has 0 aliphatic carbocycles. The molecule has 0 aromatic rings. The molecule has 294 valence electrons. The molecule has 0 aromatic heterocycles. The summed E-state index contributed by atoms with van der Waals surface area (Å²) in [5.41, 5.74) is 25.3. The second kappa shape index (κ2) is 20.6. The predicted octanol–water partition coefficient (Wildman–Crippen LogP) is 2.39. The molecule has 0 aromatic carbocycles. The molecule has 1 saturated heterocycles. The molecule has 2 atom stereocenters. The number of nitrogens with one attached hydrogen (secondary N) is 2. The number of carbonyl (C=O) groups excluding carboxylic acids is 2. The van der Waals surface area contributed by atoms with Crippen molar-refractivity contribution >= 4 is 53.0 Å². The number of unbranched alkanes of at least 4 members (excludes halogenated alkanes) is 1. The van der Waals surface area contributed by atoms with Gasteiger partial charge in [-0.1, -0.05) is 55.4 Å². The Balaban J connectivity index is 2.35. The molecular weight excluding hydrogens is 723 g/mol. The number of rotatable bonds is 21. The van der Waals surface area contributed by atoms with E-state index in [0.717, 1.165) is 41.5 Å². The lowest BCUT2D eigenvalue weighted by Crippen LogP contribution is -2.71. The van der Waals surface area contributed by atoms with Gasteiger partial charge < -0.3 is 53.5 Å². The Labute approximate surface area is 319 Å². The van der Waals surface area contributed by atoms with E-state index in [-0.39, 0.29) is 17.2 Å². The van der Waals surface area contributed by atoms with Crippen molar-refractivity contribution in [2.24, 2.45) is 28.1 Å². The third-order valence-electron chi connectivity index (χ3n) is 8.29. The van der Waals surface area contributed by atoms with Crippen LogP contribution in [0, 0.1) is 0 Å². The van der Waals surface area contributed by atoms with Crippen LogP contribution in [-0.2, 0) is 24.0 Å². The van der Waals surface area contributed by atoms with E-state index in [1.54, 1.807) is 24.5 Å². The van der Waals surface area contributed by atoms with Crippen molar-refractivity contribution in [3.63, 3.8) is 0 Å². The summed E-state index contributed by atoms with van der Waals surface area (Å²) in [6, 6.07) is -1.08. The van der Waals surface area contributed by atoms with E-state index in [4.69, 9.17) is 27.8 Å². The van der Waals surface area contributed by atoms with Gasteiger partial charge in [0, 0.05) is 31.9 Å². The first kappa shape index (κ1) is 44.6. The maximum atomic E-state index is 13.6. The van der Waals surface area contributed by atoms with Crippen LogP contribution in [-0.4, -0.2) is 98.4 Å². The van der Waals surface area contributed by atoms with Gasteiger partial charge in [-0.15, -0.1) is 11.8 Å². The highest BCUT2D eigenvalue weighted by atomic mass is 32.2. The molecule has 2 aliphatic heterocycles. The van der Waals surface area contributed by atoms with Crippen LogP contribution in [0.25, 0.3) is 0 Å². The number of carboxylic acids is 2. The van der Waals surface area contributed by atoms with Gasteiger partial charge in [0.15, 0.2) is 5.71 Å². The molecule has 2 amide bonds. The van der Waals surface area contributed by atoms with E-state index in [1.165, 1.54) is 25.6 Å². The predicted molar refractivity (Wildman–Crippen MR) is 210 cm³/mol. The molecule has 2 aliphatic rings. The number of nitrogens with two attached hydrogens (primary N) is 4. The first-order valence-electron chi connectivity index (χ1n) is 17.3. The summed E-state index contributed by atoms with van der Waals surface area (Å²) in [6.45, 7) is 13.7. The van der Waals surface area contributed by atoms with Crippen molar-refractivity contribution in [2.45, 2.75) is 84.7 Å². The molecule has 0 spiro atoms. The number of carbonyl (C=O) groups is 4. The first-order valence-corrected chi connectivity index (χ1v) is 19.2. The standard InChI is InChI=1S/C35H55N9O7S2/c1-8-11-14-23(37)52-18-21(5)25(42-51-35(6,7)34(49)50)30(45)41-27-31(46)44-28(33(47)48)22(19-53-32(27)44)13-12-17-43(10-3)29(39)26(40-16-15-36)24(38)20(4)9-2/h12-14,18,27,32,40H,8-11,15-17,19,36-39H2,1-7H3,(H,41,45)(H,47,48)(H,49,50)/b13-12+,21-18+,23-14+,24-20-,29-26+,42-25-/t27-,32?/m1/s1. The molecule has 53 heavy (non-hydrogen) atoms. The molecule has 1 fully saturated rings. The number of amides is 2. The van der Waals surface area contributed by atoms with Gasteiger partial charge in [-0.3, -0.25) is 14.5 Å². The van der Waals surface area contributed by atoms with Crippen LogP contribution in [0.3, 0.4) is 0 Å². The number of allylic oxidation sites excluding steroid dienone is 3. The maximum absolute atomic E-state index is 13.6. The van der Waals surface area contributed by atoms with Gasteiger partial charge in [0.25, 0.3) is 11.8 Å². The van der Waals surface area contributed by atoms with E-state index in [1.807, 2.05) is 38.7 Å². The summed E-state index contributed by atoms with van der Waals surface area (Å²) >= 11 is 2.44. The van der Waals surface area contributed by atoms with Crippen molar-refractivity contribution in [1.82, 2.24) is 20.4 Å². The number of β-lactam (4-membered cyclic amide) rings is 1. The van der Waals surface area contributed by atoms with E-state index in [0.29, 0.717) is 59.6 Å². The van der Waals surface area contributed by atoms with Gasteiger partial charge in [0.1, 0.15) is 22.9 Å². The molecule has 12 N–H and O–H groups in total. The van der Waals surface area contributed by atoms with Crippen molar-refractivity contribution in [3.8, 4) is 0 Å². The van der Waals surface area contributed by atoms with Crippen molar-refractivity contribution in [1.29, 1.82) is 0 Å². The number of nitrogens with zero attached hydrogens (tertiary/aromatic N) is 3. The highest BCUT2D eigenvalue weighted by Gasteiger charge is 2.54. The number of oxime groups is 1. The fourth-order valence-electron chi connectivity index (χ4n) is 4.82. The van der Waals surface area contributed by atoms with Gasteiger partial charge in [-0.2, -0.15) is 0 Å². The Kier molecular flexibility index (Phi) is 17.4. The lowest BCUT2D eigenvalue weighted by Gasteiger charge is -2.49. The maximum Gasteiger partial charge on any atom is 0.352 e. The number of fused-ring (bicyclic) bond motifs is 1. The number of carboxylic acid groups (broad SMARTS) is 2. The SMILES string of the molecule is CCC/C=C(\N)S/C=C(C)/C(=N/OC(C)(C)C(=O)O)C(=O)N[C@@H]1C(=O)N2C(C(=O)O)=C(/C=C/CN(CC)/C(N)=C(NCCN)\C(N)=C(/C)CC)CSC12. The number of thioether (sulfide) groups is 2. The number of likely N-dealkylation sites (N-methyl/N-ethyl adjacent to an activating group) is 1. The minimum Gasteiger partial charge on any atom is -0.478 e. The van der Waals surface area contributed by atoms with Gasteiger partial charge in [0.05, 0.1) is 16.4 Å². The van der Waals surface area contributed by atoms with Crippen LogP contribution < -0.4 is 33.6 Å². The fraction of sp³-hybridized carbons (Fsp3) is 0.514. The molecule has 2 heterocycles. The smallest absolute Gasteiger partial charge is 0.352 e. The molecule has 0 bridgehead atoms. The number of hydrogen-bond donors (Lipinski definition) is 8. The van der Waals surface area contributed by atoms with Crippen LogP contribution in [0.1, 0.15) is 67.7 Å². The summed E-state index contributed by atoms with van der Waals surface area (Å²) in [4.78, 5) is 59.4. The third kappa shape index (κ3) is 11.7. The summed E-state index contributed by atoms with van der Waals surface area (Å²) in [5, 5.41) is 30.8. The van der Waals surface area contributed by atoms with Gasteiger partial charge in [-0.25, -0.2) is 9.59 Å². The normalized spacial score (nSPS) is 19.3. The summed E-state index contributed by atoms with van der Waals surface area (Å²) in [5.74, 6) is -3.38. The van der Waals surface area contributed by atoms with Gasteiger partial charge in [-0.05, 0) is 69.6 Å². The average molecular weight is 778 g/mol. The zero-order valence-corrected chi connectivity index (χ0v) is 33.2. The molecule has 16 nitrogen and oxygen atoms in total. The largest absolute Gasteiger partial charge is 0.478 e. The van der Waals surface area contributed by atoms with E-state index < -0.39 is 40.8 Å². The minimum atomic E-state index is -1.76. The molecular formula is C35H55N9O7S2. The Morgan fingerprint density at radius 3 is 2.42 bits per heavy atom. The Morgan fingerprint density at radius 2 is 1.85 bits per heavy atom. The third-order valence-corrected chi connectivity index (χ3v) is 10.5. The fourth-order valence-corrected chi connectivity index (χ4v) is 6.78. The van der Waals surface area contributed by atoms with E-state index in [9.17, 15) is 29.4 Å². The lowest BCUT2D eigenvalue weighted by molar-refractivity contribution is -0.161. The van der Waals surface area contributed by atoms with Crippen molar-refractivity contribution < 1.29 is 34.2 Å². The summed E-state index contributed by atoms with van der Waals surface area (Å²) in [7, 11) is 0. The van der Waals surface area contributed by atoms with Crippen molar-refractivity contribution in [2.75, 3.05) is 31.9 Å². The zero-order valence-electron chi connectivity index (χ0n) is 31.5. The Hall–Kier alpha value is -4.55. The zero-order chi connectivity index (χ0) is 40.0. The second-order valence-corrected chi connectivity index (χ2v) is 14.7. The Bertz CT molecular complexity index is 1620. The molecule has 1 unspecified atom stereocenters. The highest BCUT2D eigenvalue weighted by molar-refractivity contribution is 8.05. The molecule has 0 radical (unpaired) electrons.